The van der Waals surface area contributed by atoms with Crippen LogP contribution in [0.5, 0.6) is 5.75 Å². The number of hydrogen-bond donors (Lipinski definition) is 2. The van der Waals surface area contributed by atoms with Gasteiger partial charge in [-0.05, 0) is 37.1 Å². The average molecular weight is 396 g/mol. The first-order valence-corrected chi connectivity index (χ1v) is 9.18. The summed E-state index contributed by atoms with van der Waals surface area (Å²) in [7, 11) is 1.54. The molecule has 1 aliphatic heterocycles. The van der Waals surface area contributed by atoms with Crippen molar-refractivity contribution in [3.63, 3.8) is 0 Å². The van der Waals surface area contributed by atoms with E-state index in [1.54, 1.807) is 24.3 Å². The van der Waals surface area contributed by atoms with Crippen molar-refractivity contribution < 1.29 is 9.53 Å². The number of piperidine rings is 1. The number of nitrogens with zero attached hydrogens (tertiary/aromatic N) is 4. The van der Waals surface area contributed by atoms with E-state index in [0.29, 0.717) is 43.3 Å². The van der Waals surface area contributed by atoms with Gasteiger partial charge in [-0.2, -0.15) is 4.98 Å². The van der Waals surface area contributed by atoms with Crippen LogP contribution in [0.15, 0.2) is 40.1 Å². The van der Waals surface area contributed by atoms with Crippen LogP contribution in [0.3, 0.4) is 0 Å². The van der Waals surface area contributed by atoms with Crippen molar-refractivity contribution in [1.29, 1.82) is 0 Å². The van der Waals surface area contributed by atoms with Gasteiger partial charge in [0.05, 0.1) is 12.8 Å². The second kappa shape index (κ2) is 7.38. The molecule has 1 fully saturated rings. The van der Waals surface area contributed by atoms with E-state index in [2.05, 4.69) is 15.0 Å². The van der Waals surface area contributed by atoms with Gasteiger partial charge >= 0.3 is 5.69 Å². The number of carbonyl (C=O) groups is 1. The highest BCUT2D eigenvalue weighted by Crippen LogP contribution is 2.21. The fourth-order valence-electron chi connectivity index (χ4n) is 3.48. The zero-order chi connectivity index (χ0) is 20.5. The third kappa shape index (κ3) is 3.44. The summed E-state index contributed by atoms with van der Waals surface area (Å²) in [5.41, 5.74) is 4.85. The Hall–Kier alpha value is -3.69. The molecule has 0 atom stereocenters. The smallest absolute Gasteiger partial charge is 0.334 e. The lowest BCUT2D eigenvalue weighted by molar-refractivity contribution is -0.122. The summed E-state index contributed by atoms with van der Waals surface area (Å²) in [5, 5.41) is 0.205. The molecule has 1 aliphatic rings. The maximum atomic E-state index is 12.9. The van der Waals surface area contributed by atoms with Gasteiger partial charge in [0, 0.05) is 25.2 Å². The molecule has 0 radical (unpaired) electrons. The van der Waals surface area contributed by atoms with Crippen molar-refractivity contribution in [2.24, 2.45) is 11.7 Å². The van der Waals surface area contributed by atoms with Gasteiger partial charge in [0.15, 0.2) is 5.65 Å². The van der Waals surface area contributed by atoms with Gasteiger partial charge in [0.1, 0.15) is 11.1 Å². The summed E-state index contributed by atoms with van der Waals surface area (Å²) in [6.07, 6.45) is 2.65. The van der Waals surface area contributed by atoms with Gasteiger partial charge in [-0.25, -0.2) is 14.3 Å². The number of H-pyrrole nitrogens is 1. The Kier molecular flexibility index (Phi) is 4.75. The molecule has 2 aromatic heterocycles. The Balaban J connectivity index is 1.69. The molecule has 1 amide bonds. The monoisotopic (exact) mass is 396 g/mol. The van der Waals surface area contributed by atoms with E-state index in [0.717, 1.165) is 4.57 Å². The quantitative estimate of drug-likeness (QED) is 0.642. The van der Waals surface area contributed by atoms with Gasteiger partial charge in [-0.3, -0.25) is 14.6 Å². The zero-order valence-corrected chi connectivity index (χ0v) is 15.8. The number of nitrogens with one attached hydrogen (secondary N) is 1. The van der Waals surface area contributed by atoms with Crippen LogP contribution in [0.1, 0.15) is 12.8 Å². The Labute approximate surface area is 165 Å². The predicted octanol–water partition coefficient (Wildman–Crippen LogP) is 0.179. The fourth-order valence-corrected chi connectivity index (χ4v) is 3.48. The molecular weight excluding hydrogens is 376 g/mol. The molecule has 29 heavy (non-hydrogen) atoms. The Morgan fingerprint density at radius 2 is 1.90 bits per heavy atom. The molecule has 150 valence electrons. The highest BCUT2D eigenvalue weighted by atomic mass is 16.5. The molecule has 3 aromatic rings. The summed E-state index contributed by atoms with van der Waals surface area (Å²) in [6, 6.07) is 6.58. The number of ether oxygens (including phenoxy) is 1. The lowest BCUT2D eigenvalue weighted by Gasteiger charge is -2.30. The van der Waals surface area contributed by atoms with E-state index >= 15 is 0 Å². The molecule has 4 rings (SSSR count). The molecule has 3 N–H and O–H groups in total. The van der Waals surface area contributed by atoms with E-state index in [4.69, 9.17) is 10.5 Å². The Morgan fingerprint density at radius 3 is 2.52 bits per heavy atom. The number of hydrogen-bond acceptors (Lipinski definition) is 7. The van der Waals surface area contributed by atoms with E-state index in [1.807, 2.05) is 4.90 Å². The van der Waals surface area contributed by atoms with Crippen molar-refractivity contribution in [3.8, 4) is 11.4 Å². The molecule has 1 aromatic carbocycles. The van der Waals surface area contributed by atoms with Crippen molar-refractivity contribution >= 4 is 22.9 Å². The fraction of sp³-hybridized carbons (Fsp3) is 0.316. The van der Waals surface area contributed by atoms with Crippen LogP contribution in [-0.4, -0.2) is 45.6 Å². The number of aromatic nitrogens is 4. The number of aromatic amines is 1. The second-order valence-electron chi connectivity index (χ2n) is 6.86. The maximum absolute atomic E-state index is 12.9. The molecule has 3 heterocycles. The van der Waals surface area contributed by atoms with E-state index in [9.17, 15) is 14.4 Å². The summed E-state index contributed by atoms with van der Waals surface area (Å²) >= 11 is 0. The van der Waals surface area contributed by atoms with Crippen molar-refractivity contribution in [3.05, 3.63) is 51.3 Å². The Morgan fingerprint density at radius 1 is 1.21 bits per heavy atom. The lowest BCUT2D eigenvalue weighted by atomic mass is 9.96. The van der Waals surface area contributed by atoms with Crippen LogP contribution in [0, 0.1) is 5.92 Å². The summed E-state index contributed by atoms with van der Waals surface area (Å²) in [5.74, 6) is 0.570. The van der Waals surface area contributed by atoms with Crippen LogP contribution < -0.4 is 26.6 Å². The van der Waals surface area contributed by atoms with Crippen LogP contribution in [-0.2, 0) is 4.79 Å². The average Bonchev–Trinajstić information content (AvgIpc) is 2.74. The van der Waals surface area contributed by atoms with Crippen molar-refractivity contribution in [2.75, 3.05) is 25.1 Å². The third-order valence-corrected chi connectivity index (χ3v) is 5.15. The van der Waals surface area contributed by atoms with Gasteiger partial charge < -0.3 is 15.4 Å². The van der Waals surface area contributed by atoms with Crippen LogP contribution >= 0.6 is 0 Å². The van der Waals surface area contributed by atoms with Crippen molar-refractivity contribution in [2.45, 2.75) is 12.8 Å². The number of nitrogens with two attached hydrogens (primary N) is 1. The molecule has 0 unspecified atom stereocenters. The standard InChI is InChI=1S/C19H20N6O4/c1-29-13-4-2-12(3-5-13)25-17(27)14-10-21-18(22-16(14)23-19(25)28)24-8-6-11(7-9-24)15(20)26/h2-5,10-11H,6-9H2,1H3,(H2,20,26)(H,21,22,23,28). The normalized spacial score (nSPS) is 14.9. The summed E-state index contributed by atoms with van der Waals surface area (Å²) < 4.78 is 6.13. The van der Waals surface area contributed by atoms with E-state index in [-0.39, 0.29) is 22.9 Å². The molecule has 10 nitrogen and oxygen atoms in total. The SMILES string of the molecule is COc1ccc(-n2c(=O)[nH]c3nc(N4CCC(C(N)=O)CC4)ncc3c2=O)cc1. The van der Waals surface area contributed by atoms with Gasteiger partial charge in [0.25, 0.3) is 5.56 Å². The number of benzene rings is 1. The number of primary amides is 1. The number of amides is 1. The molecule has 0 spiro atoms. The molecular formula is C19H20N6O4. The molecule has 1 saturated heterocycles. The summed E-state index contributed by atoms with van der Waals surface area (Å²) in [4.78, 5) is 50.0. The Bertz CT molecular complexity index is 1180. The van der Waals surface area contributed by atoms with Gasteiger partial charge in [-0.15, -0.1) is 0 Å². The summed E-state index contributed by atoms with van der Waals surface area (Å²) in [6.45, 7) is 1.15. The second-order valence-corrected chi connectivity index (χ2v) is 6.86. The number of carbonyl (C=O) groups excluding carboxylic acids is 1. The van der Waals surface area contributed by atoms with Gasteiger partial charge in [-0.1, -0.05) is 0 Å². The first-order valence-electron chi connectivity index (χ1n) is 9.18. The molecule has 10 heteroatoms. The molecule has 0 aliphatic carbocycles. The zero-order valence-electron chi connectivity index (χ0n) is 15.8. The highest BCUT2D eigenvalue weighted by molar-refractivity contribution is 5.77. The van der Waals surface area contributed by atoms with Crippen LogP contribution in [0.25, 0.3) is 16.7 Å². The maximum Gasteiger partial charge on any atom is 0.334 e. The minimum Gasteiger partial charge on any atom is -0.497 e. The van der Waals surface area contributed by atoms with Crippen LogP contribution in [0.4, 0.5) is 5.95 Å². The highest BCUT2D eigenvalue weighted by Gasteiger charge is 2.25. The van der Waals surface area contributed by atoms with Gasteiger partial charge in [0.2, 0.25) is 11.9 Å². The number of rotatable bonds is 4. The topological polar surface area (TPSA) is 136 Å². The number of anilines is 1. The minimum absolute atomic E-state index is 0.150. The van der Waals surface area contributed by atoms with E-state index < -0.39 is 11.2 Å². The molecule has 0 bridgehead atoms. The first-order chi connectivity index (χ1) is 14.0. The van der Waals surface area contributed by atoms with Crippen LogP contribution in [0.2, 0.25) is 0 Å². The number of fused-ring (bicyclic) bond motifs is 1. The molecule has 0 saturated carbocycles. The predicted molar refractivity (Wildman–Crippen MR) is 106 cm³/mol. The first kappa shape index (κ1) is 18.7. The van der Waals surface area contributed by atoms with E-state index in [1.165, 1.54) is 13.3 Å². The lowest BCUT2D eigenvalue weighted by Crippen LogP contribution is -2.39. The van der Waals surface area contributed by atoms with Crippen molar-refractivity contribution in [1.82, 2.24) is 19.5 Å². The largest absolute Gasteiger partial charge is 0.497 e. The third-order valence-electron chi connectivity index (χ3n) is 5.15. The minimum atomic E-state index is -0.593. The number of methoxy groups -OCH3 is 1.